The highest BCUT2D eigenvalue weighted by atomic mass is 19.1. The molecule has 1 unspecified atom stereocenters. The van der Waals surface area contributed by atoms with Gasteiger partial charge in [0.1, 0.15) is 11.6 Å². The van der Waals surface area contributed by atoms with Crippen molar-refractivity contribution in [1.82, 2.24) is 4.90 Å². The van der Waals surface area contributed by atoms with Crippen molar-refractivity contribution in [3.05, 3.63) is 65.5 Å². The summed E-state index contributed by atoms with van der Waals surface area (Å²) in [7, 11) is 1.72. The van der Waals surface area contributed by atoms with E-state index < -0.39 is 0 Å². The van der Waals surface area contributed by atoms with E-state index in [0.29, 0.717) is 12.5 Å². The largest absolute Gasteiger partial charge is 0.483 e. The number of carbonyl (C=O) groups is 1. The normalized spacial score (nSPS) is 11.8. The molecule has 24 heavy (non-hydrogen) atoms. The third-order valence-electron chi connectivity index (χ3n) is 4.17. The fourth-order valence-electron chi connectivity index (χ4n) is 2.44. The summed E-state index contributed by atoms with van der Waals surface area (Å²) >= 11 is 0. The molecule has 0 saturated carbocycles. The topological polar surface area (TPSA) is 29.5 Å². The van der Waals surface area contributed by atoms with Crippen molar-refractivity contribution < 1.29 is 13.9 Å². The zero-order valence-corrected chi connectivity index (χ0v) is 14.5. The molecule has 0 heterocycles. The van der Waals surface area contributed by atoms with Gasteiger partial charge >= 0.3 is 0 Å². The first-order valence-corrected chi connectivity index (χ1v) is 8.21. The van der Waals surface area contributed by atoms with Crippen molar-refractivity contribution >= 4 is 5.91 Å². The van der Waals surface area contributed by atoms with Crippen molar-refractivity contribution in [2.45, 2.75) is 32.7 Å². The highest BCUT2D eigenvalue weighted by Crippen LogP contribution is 2.28. The molecule has 0 spiro atoms. The summed E-state index contributed by atoms with van der Waals surface area (Å²) in [5, 5.41) is 0. The number of halogens is 1. The van der Waals surface area contributed by atoms with Crippen LogP contribution in [0.15, 0.2) is 48.5 Å². The van der Waals surface area contributed by atoms with E-state index in [1.165, 1.54) is 12.1 Å². The zero-order chi connectivity index (χ0) is 17.5. The lowest BCUT2D eigenvalue weighted by atomic mass is 9.98. The number of ether oxygens (including phenoxy) is 1. The number of benzene rings is 2. The minimum Gasteiger partial charge on any atom is -0.483 e. The van der Waals surface area contributed by atoms with Crippen LogP contribution < -0.4 is 4.74 Å². The molecule has 0 aliphatic rings. The predicted molar refractivity (Wildman–Crippen MR) is 93.5 cm³/mol. The minimum atomic E-state index is -0.280. The second-order valence-corrected chi connectivity index (χ2v) is 6.01. The van der Waals surface area contributed by atoms with Crippen LogP contribution in [0.2, 0.25) is 0 Å². The summed E-state index contributed by atoms with van der Waals surface area (Å²) in [5.74, 6) is 0.750. The molecular weight excluding hydrogens is 305 g/mol. The average molecular weight is 329 g/mol. The minimum absolute atomic E-state index is 0.00879. The van der Waals surface area contributed by atoms with Gasteiger partial charge in [-0.15, -0.1) is 0 Å². The van der Waals surface area contributed by atoms with E-state index in [1.807, 2.05) is 24.3 Å². The second kappa shape index (κ2) is 8.48. The molecule has 2 rings (SSSR count). The van der Waals surface area contributed by atoms with Crippen LogP contribution in [0.1, 0.15) is 37.3 Å². The highest BCUT2D eigenvalue weighted by Gasteiger charge is 2.13. The van der Waals surface area contributed by atoms with Crippen LogP contribution >= 0.6 is 0 Å². The number of para-hydroxylation sites is 1. The highest BCUT2D eigenvalue weighted by molar-refractivity contribution is 5.77. The molecule has 0 aliphatic carbocycles. The summed E-state index contributed by atoms with van der Waals surface area (Å²) in [6.45, 7) is 4.69. The van der Waals surface area contributed by atoms with Gasteiger partial charge in [0.2, 0.25) is 0 Å². The number of amides is 1. The van der Waals surface area contributed by atoms with Crippen LogP contribution in [-0.4, -0.2) is 24.5 Å². The Balaban J connectivity index is 1.94. The van der Waals surface area contributed by atoms with Gasteiger partial charge in [0, 0.05) is 13.6 Å². The molecule has 0 aromatic heterocycles. The molecule has 0 saturated heterocycles. The number of nitrogens with zero attached hydrogens (tertiary/aromatic N) is 1. The third kappa shape index (κ3) is 4.82. The number of hydrogen-bond acceptors (Lipinski definition) is 2. The van der Waals surface area contributed by atoms with Gasteiger partial charge in [-0.05, 0) is 41.7 Å². The first-order valence-electron chi connectivity index (χ1n) is 8.21. The van der Waals surface area contributed by atoms with Gasteiger partial charge in [0.15, 0.2) is 6.61 Å². The lowest BCUT2D eigenvalue weighted by molar-refractivity contribution is -0.132. The summed E-state index contributed by atoms with van der Waals surface area (Å²) < 4.78 is 18.7. The number of carbonyl (C=O) groups excluding carboxylic acids is 1. The molecule has 1 atom stereocenters. The molecule has 128 valence electrons. The Hall–Kier alpha value is -2.36. The van der Waals surface area contributed by atoms with Gasteiger partial charge in [-0.3, -0.25) is 4.79 Å². The van der Waals surface area contributed by atoms with Gasteiger partial charge in [-0.25, -0.2) is 4.39 Å². The predicted octanol–water partition coefficient (Wildman–Crippen LogP) is 4.38. The molecule has 1 amide bonds. The van der Waals surface area contributed by atoms with E-state index in [0.717, 1.165) is 23.3 Å². The van der Waals surface area contributed by atoms with E-state index in [1.54, 1.807) is 24.1 Å². The van der Waals surface area contributed by atoms with Crippen LogP contribution in [0, 0.1) is 5.82 Å². The molecule has 3 nitrogen and oxygen atoms in total. The third-order valence-corrected chi connectivity index (χ3v) is 4.17. The van der Waals surface area contributed by atoms with Gasteiger partial charge in [0.05, 0.1) is 0 Å². The van der Waals surface area contributed by atoms with Crippen LogP contribution in [-0.2, 0) is 11.3 Å². The Bertz CT molecular complexity index is 670. The van der Waals surface area contributed by atoms with Gasteiger partial charge < -0.3 is 9.64 Å². The van der Waals surface area contributed by atoms with E-state index >= 15 is 0 Å². The Morgan fingerprint density at radius 1 is 1.17 bits per heavy atom. The maximum absolute atomic E-state index is 12.9. The smallest absolute Gasteiger partial charge is 0.260 e. The van der Waals surface area contributed by atoms with Crippen molar-refractivity contribution in [2.75, 3.05) is 13.7 Å². The first kappa shape index (κ1) is 18.0. The van der Waals surface area contributed by atoms with Crippen molar-refractivity contribution in [2.24, 2.45) is 0 Å². The fourth-order valence-corrected chi connectivity index (χ4v) is 2.44. The molecule has 2 aromatic carbocycles. The molecular formula is C20H24FNO2. The lowest BCUT2D eigenvalue weighted by Crippen LogP contribution is -2.31. The summed E-state index contributed by atoms with van der Waals surface area (Å²) in [6, 6.07) is 14.0. The van der Waals surface area contributed by atoms with Gasteiger partial charge in [0.25, 0.3) is 5.91 Å². The molecule has 4 heteroatoms. The molecule has 2 aromatic rings. The Morgan fingerprint density at radius 3 is 2.50 bits per heavy atom. The maximum Gasteiger partial charge on any atom is 0.260 e. The SMILES string of the molecule is CCC(C)c1ccccc1OCC(=O)N(C)Cc1ccc(F)cc1. The van der Waals surface area contributed by atoms with Crippen molar-refractivity contribution in [3.63, 3.8) is 0 Å². The summed E-state index contributed by atoms with van der Waals surface area (Å²) in [6.07, 6.45) is 1.01. The van der Waals surface area contributed by atoms with Crippen LogP contribution in [0.25, 0.3) is 0 Å². The van der Waals surface area contributed by atoms with Crippen LogP contribution in [0.5, 0.6) is 5.75 Å². The van der Waals surface area contributed by atoms with Crippen LogP contribution in [0.4, 0.5) is 4.39 Å². The van der Waals surface area contributed by atoms with E-state index in [9.17, 15) is 9.18 Å². The van der Waals surface area contributed by atoms with Crippen molar-refractivity contribution in [3.8, 4) is 5.75 Å². The van der Waals surface area contributed by atoms with E-state index in [2.05, 4.69) is 13.8 Å². The Kier molecular flexibility index (Phi) is 6.36. The molecule has 0 bridgehead atoms. The average Bonchev–Trinajstić information content (AvgIpc) is 2.61. The van der Waals surface area contributed by atoms with Crippen molar-refractivity contribution in [1.29, 1.82) is 0 Å². The van der Waals surface area contributed by atoms with E-state index in [4.69, 9.17) is 4.74 Å². The number of rotatable bonds is 7. The Morgan fingerprint density at radius 2 is 1.83 bits per heavy atom. The van der Waals surface area contributed by atoms with Crippen LogP contribution in [0.3, 0.4) is 0 Å². The fraction of sp³-hybridized carbons (Fsp3) is 0.350. The molecule has 0 radical (unpaired) electrons. The summed E-state index contributed by atoms with van der Waals surface area (Å²) in [4.78, 5) is 13.8. The van der Waals surface area contributed by atoms with Gasteiger partial charge in [-0.1, -0.05) is 44.2 Å². The zero-order valence-electron chi connectivity index (χ0n) is 14.5. The summed E-state index contributed by atoms with van der Waals surface area (Å²) in [5.41, 5.74) is 2.00. The molecule has 0 fully saturated rings. The quantitative estimate of drug-likeness (QED) is 0.754. The molecule has 0 N–H and O–H groups in total. The Labute approximate surface area is 143 Å². The lowest BCUT2D eigenvalue weighted by Gasteiger charge is -2.19. The number of hydrogen-bond donors (Lipinski definition) is 0. The molecule has 0 aliphatic heterocycles. The first-order chi connectivity index (χ1) is 11.5. The maximum atomic E-state index is 12.9. The second-order valence-electron chi connectivity index (χ2n) is 6.01. The standard InChI is InChI=1S/C20H24FNO2/c1-4-15(2)18-7-5-6-8-19(18)24-14-20(23)22(3)13-16-9-11-17(21)12-10-16/h5-12,15H,4,13-14H2,1-3H3. The monoisotopic (exact) mass is 329 g/mol. The van der Waals surface area contributed by atoms with E-state index in [-0.39, 0.29) is 18.3 Å². The van der Waals surface area contributed by atoms with Gasteiger partial charge in [-0.2, -0.15) is 0 Å². The number of likely N-dealkylation sites (N-methyl/N-ethyl adjacent to an activating group) is 1.